The summed E-state index contributed by atoms with van der Waals surface area (Å²) in [5.41, 5.74) is 1.99. The van der Waals surface area contributed by atoms with Crippen LogP contribution in [0.2, 0.25) is 0 Å². The molecule has 170 valence electrons. The van der Waals surface area contributed by atoms with Crippen molar-refractivity contribution in [3.05, 3.63) is 76.2 Å². The molecule has 2 aromatic heterocycles. The van der Waals surface area contributed by atoms with E-state index < -0.39 is 36.4 Å². The third-order valence-electron chi connectivity index (χ3n) is 5.49. The molecule has 1 fully saturated rings. The monoisotopic (exact) mass is 465 g/mol. The average molecular weight is 466 g/mol. The first-order chi connectivity index (χ1) is 15.9. The maximum atomic E-state index is 13.0. The lowest BCUT2D eigenvalue weighted by Crippen LogP contribution is -2.46. The molecule has 9 heteroatoms. The van der Waals surface area contributed by atoms with Crippen LogP contribution >= 0.6 is 11.3 Å². The number of anilines is 1. The van der Waals surface area contributed by atoms with Gasteiger partial charge >= 0.3 is 5.97 Å². The van der Waals surface area contributed by atoms with Crippen molar-refractivity contribution in [1.82, 2.24) is 10.3 Å². The second-order valence-electron chi connectivity index (χ2n) is 7.77. The number of aryl methyl sites for hydroxylation is 1. The normalized spacial score (nSPS) is 18.1. The zero-order valence-corrected chi connectivity index (χ0v) is 18.8. The van der Waals surface area contributed by atoms with Crippen LogP contribution in [-0.2, 0) is 19.1 Å². The van der Waals surface area contributed by atoms with Crippen LogP contribution in [0.1, 0.15) is 39.8 Å². The highest BCUT2D eigenvalue weighted by Gasteiger charge is 2.43. The highest BCUT2D eigenvalue weighted by atomic mass is 32.1. The van der Waals surface area contributed by atoms with Crippen LogP contribution in [0.15, 0.2) is 60.1 Å². The van der Waals surface area contributed by atoms with Gasteiger partial charge in [-0.25, -0.2) is 0 Å². The van der Waals surface area contributed by atoms with Gasteiger partial charge in [-0.15, -0.1) is 11.3 Å². The van der Waals surface area contributed by atoms with E-state index in [2.05, 4.69) is 10.3 Å². The van der Waals surface area contributed by atoms with E-state index in [1.807, 2.05) is 48.7 Å². The summed E-state index contributed by atoms with van der Waals surface area (Å²) >= 11 is 1.46. The lowest BCUT2D eigenvalue weighted by molar-refractivity contribution is -0.154. The van der Waals surface area contributed by atoms with E-state index in [-0.39, 0.29) is 18.0 Å². The first-order valence-corrected chi connectivity index (χ1v) is 11.4. The van der Waals surface area contributed by atoms with E-state index in [0.717, 1.165) is 10.4 Å². The summed E-state index contributed by atoms with van der Waals surface area (Å²) in [7, 11) is 0. The molecule has 33 heavy (non-hydrogen) atoms. The zero-order valence-electron chi connectivity index (χ0n) is 17.9. The van der Waals surface area contributed by atoms with Crippen LogP contribution in [0.3, 0.4) is 0 Å². The molecule has 0 aliphatic carbocycles. The number of aromatic amines is 1. The standard InChI is InChI=1S/C24H23N3O5S/c1-15-6-8-16(9-7-15)27-21(29)11-10-17(22(27)19-5-3-13-33-19)24(31)32-14-20(28)26-23(30)18-4-2-12-25-18/h2-9,12-13,17,22,25H,10-11,14H2,1H3,(H,26,28,30)/t17-,22+/m0/s1. The number of imide groups is 1. The minimum atomic E-state index is -0.724. The Hall–Kier alpha value is -3.72. The number of benzene rings is 1. The fourth-order valence-corrected chi connectivity index (χ4v) is 4.76. The van der Waals surface area contributed by atoms with Crippen LogP contribution in [0.4, 0.5) is 5.69 Å². The molecule has 3 aromatic rings. The van der Waals surface area contributed by atoms with Gasteiger partial charge in [0.1, 0.15) is 5.69 Å². The van der Waals surface area contributed by atoms with Gasteiger partial charge in [0.2, 0.25) is 5.91 Å². The third kappa shape index (κ3) is 5.04. The van der Waals surface area contributed by atoms with Gasteiger partial charge < -0.3 is 14.6 Å². The number of amides is 3. The van der Waals surface area contributed by atoms with Crippen LogP contribution in [0, 0.1) is 12.8 Å². The Bertz CT molecular complexity index is 1140. The van der Waals surface area contributed by atoms with E-state index in [4.69, 9.17) is 4.74 Å². The molecule has 0 unspecified atom stereocenters. The van der Waals surface area contributed by atoms with Gasteiger partial charge in [-0.2, -0.15) is 0 Å². The summed E-state index contributed by atoms with van der Waals surface area (Å²) in [5, 5.41) is 4.07. The molecule has 2 N–H and O–H groups in total. The Morgan fingerprint density at radius 2 is 1.94 bits per heavy atom. The van der Waals surface area contributed by atoms with Crippen molar-refractivity contribution in [1.29, 1.82) is 0 Å². The number of ether oxygens (including phenoxy) is 1. The molecule has 1 aliphatic heterocycles. The Morgan fingerprint density at radius 1 is 1.15 bits per heavy atom. The fourth-order valence-electron chi connectivity index (χ4n) is 3.88. The molecule has 2 atom stereocenters. The third-order valence-corrected chi connectivity index (χ3v) is 6.43. The Kier molecular flexibility index (Phi) is 6.69. The van der Waals surface area contributed by atoms with E-state index in [1.165, 1.54) is 17.4 Å². The number of esters is 1. The molecular weight excluding hydrogens is 442 g/mol. The van der Waals surface area contributed by atoms with Crippen molar-refractivity contribution in [2.45, 2.75) is 25.8 Å². The summed E-state index contributed by atoms with van der Waals surface area (Å²) in [6.07, 6.45) is 2.06. The lowest BCUT2D eigenvalue weighted by Gasteiger charge is -2.39. The van der Waals surface area contributed by atoms with Crippen molar-refractivity contribution in [3.63, 3.8) is 0 Å². The fraction of sp³-hybridized carbons (Fsp3) is 0.250. The number of piperidine rings is 1. The molecule has 0 saturated carbocycles. The molecule has 3 heterocycles. The van der Waals surface area contributed by atoms with Gasteiger partial charge in [0, 0.05) is 23.2 Å². The van der Waals surface area contributed by atoms with Gasteiger partial charge in [0.15, 0.2) is 6.61 Å². The molecule has 8 nitrogen and oxygen atoms in total. The van der Waals surface area contributed by atoms with Gasteiger partial charge in [0.25, 0.3) is 11.8 Å². The molecule has 0 spiro atoms. The molecule has 3 amide bonds. The Labute approximate surface area is 194 Å². The summed E-state index contributed by atoms with van der Waals surface area (Å²) in [6, 6.07) is 13.9. The topological polar surface area (TPSA) is 109 Å². The second-order valence-corrected chi connectivity index (χ2v) is 8.75. The van der Waals surface area contributed by atoms with Gasteiger partial charge in [-0.3, -0.25) is 24.5 Å². The summed E-state index contributed by atoms with van der Waals surface area (Å²) < 4.78 is 5.28. The maximum Gasteiger partial charge on any atom is 0.311 e. The van der Waals surface area contributed by atoms with E-state index >= 15 is 0 Å². The average Bonchev–Trinajstić information content (AvgIpc) is 3.52. The summed E-state index contributed by atoms with van der Waals surface area (Å²) in [5.74, 6) is -2.63. The first-order valence-electron chi connectivity index (χ1n) is 10.5. The SMILES string of the molecule is Cc1ccc(N2C(=O)CC[C@H](C(=O)OCC(=O)NC(=O)c3ccc[nH]3)[C@@H]2c2cccs2)cc1. The van der Waals surface area contributed by atoms with Gasteiger partial charge in [-0.05, 0) is 49.1 Å². The molecule has 4 rings (SSSR count). The van der Waals surface area contributed by atoms with Crippen molar-refractivity contribution >= 4 is 40.7 Å². The predicted molar refractivity (Wildman–Crippen MR) is 123 cm³/mol. The summed E-state index contributed by atoms with van der Waals surface area (Å²) in [6.45, 7) is 1.38. The minimum Gasteiger partial charge on any atom is -0.455 e. The number of nitrogens with one attached hydrogen (secondary N) is 2. The smallest absolute Gasteiger partial charge is 0.311 e. The van der Waals surface area contributed by atoms with Crippen LogP contribution in [0.25, 0.3) is 0 Å². The summed E-state index contributed by atoms with van der Waals surface area (Å²) in [4.78, 5) is 55.3. The number of H-pyrrole nitrogens is 1. The van der Waals surface area contributed by atoms with Crippen molar-refractivity contribution in [2.75, 3.05) is 11.5 Å². The Morgan fingerprint density at radius 3 is 2.61 bits per heavy atom. The highest BCUT2D eigenvalue weighted by Crippen LogP contribution is 2.42. The number of rotatable bonds is 6. The van der Waals surface area contributed by atoms with E-state index in [0.29, 0.717) is 12.1 Å². The largest absolute Gasteiger partial charge is 0.455 e. The molecule has 1 aliphatic rings. The highest BCUT2D eigenvalue weighted by molar-refractivity contribution is 7.10. The van der Waals surface area contributed by atoms with Gasteiger partial charge in [-0.1, -0.05) is 23.8 Å². The number of thiophene rings is 1. The minimum absolute atomic E-state index is 0.0735. The van der Waals surface area contributed by atoms with Crippen molar-refractivity contribution in [2.24, 2.45) is 5.92 Å². The number of hydrogen-bond acceptors (Lipinski definition) is 6. The van der Waals surface area contributed by atoms with Crippen molar-refractivity contribution < 1.29 is 23.9 Å². The van der Waals surface area contributed by atoms with Crippen LogP contribution in [0.5, 0.6) is 0 Å². The molecule has 0 radical (unpaired) electrons. The van der Waals surface area contributed by atoms with Crippen LogP contribution in [-0.4, -0.2) is 35.3 Å². The van der Waals surface area contributed by atoms with Crippen molar-refractivity contribution in [3.8, 4) is 0 Å². The number of carbonyl (C=O) groups excluding carboxylic acids is 4. The van der Waals surface area contributed by atoms with Crippen LogP contribution < -0.4 is 10.2 Å². The lowest BCUT2D eigenvalue weighted by atomic mass is 9.87. The molecule has 0 bridgehead atoms. The second kappa shape index (κ2) is 9.83. The van der Waals surface area contributed by atoms with Gasteiger partial charge in [0.05, 0.1) is 12.0 Å². The van der Waals surface area contributed by atoms with E-state index in [9.17, 15) is 19.2 Å². The quantitative estimate of drug-likeness (QED) is 0.543. The number of hydrogen-bond donors (Lipinski definition) is 2. The zero-order chi connectivity index (χ0) is 23.4. The number of nitrogens with zero attached hydrogens (tertiary/aromatic N) is 1. The molecule has 1 aromatic carbocycles. The predicted octanol–water partition coefficient (Wildman–Crippen LogP) is 3.37. The maximum absolute atomic E-state index is 13.0. The van der Waals surface area contributed by atoms with E-state index in [1.54, 1.807) is 17.2 Å². The molecular formula is C24H23N3O5S. The number of carbonyl (C=O) groups is 4. The number of aromatic nitrogens is 1. The Balaban J connectivity index is 1.49. The molecule has 1 saturated heterocycles. The first kappa shape index (κ1) is 22.5.